The fraction of sp³-hybridized carbons (Fsp3) is 0.333. The van der Waals surface area contributed by atoms with Gasteiger partial charge in [0.25, 0.3) is 6.43 Å². The van der Waals surface area contributed by atoms with E-state index in [1.165, 1.54) is 0 Å². The third-order valence-electron chi connectivity index (χ3n) is 1.97. The average molecular weight is 251 g/mol. The first-order chi connectivity index (χ1) is 7.47. The lowest BCUT2D eigenvalue weighted by Gasteiger charge is -2.11. The van der Waals surface area contributed by atoms with Crippen LogP contribution in [0.1, 0.15) is 17.6 Å². The summed E-state index contributed by atoms with van der Waals surface area (Å²) < 4.78 is 29.8. The number of alkyl halides is 2. The van der Waals surface area contributed by atoms with Crippen LogP contribution in [0.4, 0.5) is 14.5 Å². The third-order valence-corrected chi connectivity index (χ3v) is 2.29. The molecule has 0 unspecified atom stereocenters. The molecule has 0 aromatic carbocycles. The van der Waals surface area contributed by atoms with Gasteiger partial charge >= 0.3 is 5.97 Å². The maximum atomic E-state index is 12.7. The molecule has 1 rings (SSSR count). The van der Waals surface area contributed by atoms with Crippen LogP contribution in [-0.2, 0) is 16.0 Å². The first kappa shape index (κ1) is 12.6. The topological polar surface area (TPSA) is 65.2 Å². The van der Waals surface area contributed by atoms with Crippen LogP contribution in [0.15, 0.2) is 6.20 Å². The van der Waals surface area contributed by atoms with Crippen LogP contribution >= 0.6 is 11.6 Å². The second-order valence-electron chi connectivity index (χ2n) is 2.95. The Balaban J connectivity index is 3.23. The normalized spacial score (nSPS) is 10.6. The van der Waals surface area contributed by atoms with Crippen LogP contribution in [0.5, 0.6) is 0 Å². The second-order valence-corrected chi connectivity index (χ2v) is 3.31. The minimum Gasteiger partial charge on any atom is -0.469 e. The molecule has 7 heteroatoms. The number of hydrogen-bond donors (Lipinski definition) is 1. The number of rotatable bonds is 3. The van der Waals surface area contributed by atoms with E-state index in [2.05, 4.69) is 9.72 Å². The van der Waals surface area contributed by atoms with E-state index >= 15 is 0 Å². The van der Waals surface area contributed by atoms with E-state index in [9.17, 15) is 13.6 Å². The quantitative estimate of drug-likeness (QED) is 0.658. The molecule has 1 aromatic heterocycles. The molecule has 1 heterocycles. The number of hydrogen-bond acceptors (Lipinski definition) is 4. The molecule has 0 fully saturated rings. The minimum absolute atomic E-state index is 0.0940. The summed E-state index contributed by atoms with van der Waals surface area (Å²) in [6.07, 6.45) is -2.17. The van der Waals surface area contributed by atoms with Crippen molar-refractivity contribution in [2.45, 2.75) is 12.8 Å². The van der Waals surface area contributed by atoms with E-state index < -0.39 is 18.0 Å². The van der Waals surface area contributed by atoms with E-state index in [1.54, 1.807) is 0 Å². The number of aromatic nitrogens is 1. The molecule has 0 atom stereocenters. The number of esters is 1. The molecule has 0 bridgehead atoms. The first-order valence-electron chi connectivity index (χ1n) is 4.25. The molecule has 0 radical (unpaired) electrons. The predicted molar refractivity (Wildman–Crippen MR) is 54.3 cm³/mol. The van der Waals surface area contributed by atoms with Crippen molar-refractivity contribution in [3.8, 4) is 0 Å². The van der Waals surface area contributed by atoms with Crippen LogP contribution in [-0.4, -0.2) is 18.1 Å². The van der Waals surface area contributed by atoms with Gasteiger partial charge in [-0.3, -0.25) is 4.79 Å². The minimum atomic E-state index is -2.82. The highest BCUT2D eigenvalue weighted by Gasteiger charge is 2.22. The summed E-state index contributed by atoms with van der Waals surface area (Å²) in [7, 11) is 1.15. The molecule has 0 amide bonds. The molecule has 0 aliphatic carbocycles. The van der Waals surface area contributed by atoms with Crippen molar-refractivity contribution in [3.05, 3.63) is 22.5 Å². The fourth-order valence-electron chi connectivity index (χ4n) is 1.20. The lowest BCUT2D eigenvalue weighted by Crippen LogP contribution is -2.10. The fourth-order valence-corrected chi connectivity index (χ4v) is 1.42. The highest BCUT2D eigenvalue weighted by Crippen LogP contribution is 2.32. The number of carbonyl (C=O) groups is 1. The summed E-state index contributed by atoms with van der Waals surface area (Å²) in [6, 6.07) is 0. The average Bonchev–Trinajstić information content (AvgIpc) is 2.22. The van der Waals surface area contributed by atoms with Gasteiger partial charge in [0.1, 0.15) is 5.15 Å². The zero-order chi connectivity index (χ0) is 12.3. The molecule has 4 nitrogen and oxygen atoms in total. The summed E-state index contributed by atoms with van der Waals surface area (Å²) in [5.74, 6) is -0.684. The molecule has 2 N–H and O–H groups in total. The van der Waals surface area contributed by atoms with Gasteiger partial charge in [0, 0.05) is 11.1 Å². The Labute approximate surface area is 95.4 Å². The number of methoxy groups -OCH3 is 1. The SMILES string of the molecule is COC(=O)Cc1c(Cl)ncc(N)c1C(F)F. The van der Waals surface area contributed by atoms with Crippen molar-refractivity contribution in [1.29, 1.82) is 0 Å². The molecular weight excluding hydrogens is 242 g/mol. The summed E-state index contributed by atoms with van der Waals surface area (Å²) in [5.41, 5.74) is 4.60. The van der Waals surface area contributed by atoms with Crippen LogP contribution in [0.3, 0.4) is 0 Å². The van der Waals surface area contributed by atoms with Gasteiger partial charge in [-0.05, 0) is 0 Å². The maximum absolute atomic E-state index is 12.7. The Kier molecular flexibility index (Phi) is 4.00. The first-order valence-corrected chi connectivity index (χ1v) is 4.62. The van der Waals surface area contributed by atoms with Gasteiger partial charge in [-0.25, -0.2) is 13.8 Å². The zero-order valence-electron chi connectivity index (χ0n) is 8.34. The molecule has 88 valence electrons. The van der Waals surface area contributed by atoms with Gasteiger partial charge in [-0.2, -0.15) is 0 Å². The van der Waals surface area contributed by atoms with Crippen molar-refractivity contribution in [1.82, 2.24) is 4.98 Å². The van der Waals surface area contributed by atoms with Crippen LogP contribution in [0, 0.1) is 0 Å². The van der Waals surface area contributed by atoms with Gasteiger partial charge in [0.2, 0.25) is 0 Å². The number of anilines is 1. The number of nitrogens with two attached hydrogens (primary N) is 1. The van der Waals surface area contributed by atoms with E-state index in [0.717, 1.165) is 13.3 Å². The van der Waals surface area contributed by atoms with Crippen molar-refractivity contribution in [2.75, 3.05) is 12.8 Å². The highest BCUT2D eigenvalue weighted by atomic mass is 35.5. The van der Waals surface area contributed by atoms with Gasteiger partial charge in [0.05, 0.1) is 25.4 Å². The summed E-state index contributed by atoms with van der Waals surface area (Å²) in [4.78, 5) is 14.6. The van der Waals surface area contributed by atoms with Crippen molar-refractivity contribution in [2.24, 2.45) is 0 Å². The lowest BCUT2D eigenvalue weighted by atomic mass is 10.1. The molecule has 0 aliphatic rings. The summed E-state index contributed by atoms with van der Waals surface area (Å²) >= 11 is 5.64. The van der Waals surface area contributed by atoms with Gasteiger partial charge in [-0.15, -0.1) is 0 Å². The monoisotopic (exact) mass is 250 g/mol. The van der Waals surface area contributed by atoms with Crippen molar-refractivity contribution < 1.29 is 18.3 Å². The van der Waals surface area contributed by atoms with Crippen molar-refractivity contribution >= 4 is 23.3 Å². The zero-order valence-corrected chi connectivity index (χ0v) is 9.09. The second kappa shape index (κ2) is 5.07. The number of nitrogens with zero attached hydrogens (tertiary/aromatic N) is 1. The Bertz CT molecular complexity index is 413. The Morgan fingerprint density at radius 3 is 2.81 bits per heavy atom. The molecule has 16 heavy (non-hydrogen) atoms. The number of halogens is 3. The van der Waals surface area contributed by atoms with Crippen LogP contribution in [0.25, 0.3) is 0 Å². The highest BCUT2D eigenvalue weighted by molar-refractivity contribution is 6.30. The largest absolute Gasteiger partial charge is 0.469 e. The van der Waals surface area contributed by atoms with E-state index in [-0.39, 0.29) is 22.8 Å². The Hall–Kier alpha value is -1.43. The summed E-state index contributed by atoms with van der Waals surface area (Å²) in [6.45, 7) is 0. The Morgan fingerprint density at radius 1 is 1.69 bits per heavy atom. The maximum Gasteiger partial charge on any atom is 0.310 e. The number of ether oxygens (including phenoxy) is 1. The van der Waals surface area contributed by atoms with Crippen LogP contribution in [0.2, 0.25) is 5.15 Å². The Morgan fingerprint density at radius 2 is 2.31 bits per heavy atom. The van der Waals surface area contributed by atoms with E-state index in [4.69, 9.17) is 17.3 Å². The smallest absolute Gasteiger partial charge is 0.310 e. The third kappa shape index (κ3) is 2.57. The molecular formula is C9H9ClF2N2O2. The standard InChI is InChI=1S/C9H9ClF2N2O2/c1-16-6(15)2-4-7(9(11)12)5(13)3-14-8(4)10/h3,9H,2,13H2,1H3. The van der Waals surface area contributed by atoms with Crippen molar-refractivity contribution in [3.63, 3.8) is 0 Å². The van der Waals surface area contributed by atoms with Gasteiger partial charge in [0.15, 0.2) is 0 Å². The molecule has 1 aromatic rings. The molecule has 0 aliphatic heterocycles. The van der Waals surface area contributed by atoms with Gasteiger partial charge in [-0.1, -0.05) is 11.6 Å². The number of carbonyl (C=O) groups excluding carboxylic acids is 1. The van der Waals surface area contributed by atoms with Crippen LogP contribution < -0.4 is 5.73 Å². The van der Waals surface area contributed by atoms with E-state index in [1.807, 2.05) is 0 Å². The lowest BCUT2D eigenvalue weighted by molar-refractivity contribution is -0.139. The number of nitrogen functional groups attached to an aromatic ring is 1. The molecule has 0 spiro atoms. The molecule has 0 saturated carbocycles. The van der Waals surface area contributed by atoms with E-state index in [0.29, 0.717) is 0 Å². The number of pyridine rings is 1. The predicted octanol–water partition coefficient (Wildman–Crippen LogP) is 1.97. The van der Waals surface area contributed by atoms with Gasteiger partial charge < -0.3 is 10.5 Å². The summed E-state index contributed by atoms with van der Waals surface area (Å²) in [5, 5.41) is -0.171. The molecule has 0 saturated heterocycles.